The first-order chi connectivity index (χ1) is 9.64. The SMILES string of the molecule is COCC(C)(C)NC(=O)c1cc(S(N)(=O)=O)cn1C1CC1. The highest BCUT2D eigenvalue weighted by molar-refractivity contribution is 7.89. The fourth-order valence-electron chi connectivity index (χ4n) is 2.21. The lowest BCUT2D eigenvalue weighted by Crippen LogP contribution is -2.47. The summed E-state index contributed by atoms with van der Waals surface area (Å²) >= 11 is 0. The van der Waals surface area contributed by atoms with Crippen LogP contribution in [0.2, 0.25) is 0 Å². The van der Waals surface area contributed by atoms with Crippen LogP contribution < -0.4 is 10.5 Å². The summed E-state index contributed by atoms with van der Waals surface area (Å²) in [6.07, 6.45) is 3.30. The molecule has 2 rings (SSSR count). The van der Waals surface area contributed by atoms with Crippen molar-refractivity contribution in [2.75, 3.05) is 13.7 Å². The van der Waals surface area contributed by atoms with E-state index in [1.807, 2.05) is 13.8 Å². The Morgan fingerprint density at radius 3 is 2.62 bits per heavy atom. The van der Waals surface area contributed by atoms with Gasteiger partial charge in [-0.25, -0.2) is 13.6 Å². The number of ether oxygens (including phenoxy) is 1. The van der Waals surface area contributed by atoms with Crippen LogP contribution in [0.25, 0.3) is 0 Å². The van der Waals surface area contributed by atoms with Crippen molar-refractivity contribution in [1.29, 1.82) is 0 Å². The van der Waals surface area contributed by atoms with E-state index in [9.17, 15) is 13.2 Å². The first kappa shape index (κ1) is 16.0. The summed E-state index contributed by atoms with van der Waals surface area (Å²) < 4.78 is 29.7. The third kappa shape index (κ3) is 3.84. The van der Waals surface area contributed by atoms with E-state index in [-0.39, 0.29) is 16.8 Å². The summed E-state index contributed by atoms with van der Waals surface area (Å²) in [5.74, 6) is -0.334. The number of primary sulfonamides is 1. The summed E-state index contributed by atoms with van der Waals surface area (Å²) in [6.45, 7) is 4.02. The Hall–Kier alpha value is -1.38. The smallest absolute Gasteiger partial charge is 0.268 e. The maximum Gasteiger partial charge on any atom is 0.268 e. The molecule has 0 saturated heterocycles. The number of hydrogen-bond acceptors (Lipinski definition) is 4. The maximum atomic E-state index is 12.4. The van der Waals surface area contributed by atoms with Gasteiger partial charge < -0.3 is 14.6 Å². The summed E-state index contributed by atoms with van der Waals surface area (Å²) in [7, 11) is -2.27. The van der Waals surface area contributed by atoms with E-state index in [0.29, 0.717) is 12.3 Å². The monoisotopic (exact) mass is 315 g/mol. The van der Waals surface area contributed by atoms with Crippen LogP contribution in [0.1, 0.15) is 43.2 Å². The van der Waals surface area contributed by atoms with Gasteiger partial charge >= 0.3 is 0 Å². The third-order valence-corrected chi connectivity index (χ3v) is 4.16. The Morgan fingerprint density at radius 2 is 2.14 bits per heavy atom. The van der Waals surface area contributed by atoms with Crippen molar-refractivity contribution < 1.29 is 17.9 Å². The van der Waals surface area contributed by atoms with E-state index < -0.39 is 15.6 Å². The van der Waals surface area contributed by atoms with Crippen molar-refractivity contribution in [3.8, 4) is 0 Å². The molecule has 118 valence electrons. The highest BCUT2D eigenvalue weighted by Gasteiger charge is 2.31. The molecular formula is C13H21N3O4S. The van der Waals surface area contributed by atoms with Crippen LogP contribution >= 0.6 is 0 Å². The highest BCUT2D eigenvalue weighted by Crippen LogP contribution is 2.37. The Balaban J connectivity index is 2.30. The molecule has 0 spiro atoms. The number of amides is 1. The molecular weight excluding hydrogens is 294 g/mol. The molecule has 1 heterocycles. The van der Waals surface area contributed by atoms with Crippen LogP contribution in [0, 0.1) is 0 Å². The van der Waals surface area contributed by atoms with E-state index in [4.69, 9.17) is 9.88 Å². The molecule has 1 aromatic rings. The molecule has 0 unspecified atom stereocenters. The Bertz CT molecular complexity index is 644. The largest absolute Gasteiger partial charge is 0.382 e. The van der Waals surface area contributed by atoms with Gasteiger partial charge in [0.1, 0.15) is 10.6 Å². The second kappa shape index (κ2) is 5.43. The molecule has 3 N–H and O–H groups in total. The number of nitrogens with two attached hydrogens (primary N) is 1. The van der Waals surface area contributed by atoms with Crippen LogP contribution in [0.5, 0.6) is 0 Å². The predicted octanol–water partition coefficient (Wildman–Crippen LogP) is 0.625. The molecule has 7 nitrogen and oxygen atoms in total. The molecule has 1 aliphatic carbocycles. The van der Waals surface area contributed by atoms with Gasteiger partial charge in [-0.15, -0.1) is 0 Å². The van der Waals surface area contributed by atoms with Crippen molar-refractivity contribution in [2.24, 2.45) is 5.14 Å². The summed E-state index contributed by atoms with van der Waals surface area (Å²) in [6, 6.07) is 1.50. The zero-order chi connectivity index (χ0) is 15.8. The van der Waals surface area contributed by atoms with E-state index in [1.54, 1.807) is 11.7 Å². The first-order valence-corrected chi connectivity index (χ1v) is 8.25. The highest BCUT2D eigenvalue weighted by atomic mass is 32.2. The first-order valence-electron chi connectivity index (χ1n) is 6.70. The van der Waals surface area contributed by atoms with Crippen molar-refractivity contribution >= 4 is 15.9 Å². The summed E-state index contributed by atoms with van der Waals surface area (Å²) in [5, 5.41) is 7.98. The van der Waals surface area contributed by atoms with E-state index in [0.717, 1.165) is 12.8 Å². The number of aromatic nitrogens is 1. The third-order valence-electron chi connectivity index (χ3n) is 3.28. The van der Waals surface area contributed by atoms with Gasteiger partial charge in [0, 0.05) is 19.3 Å². The Kier molecular flexibility index (Phi) is 4.14. The van der Waals surface area contributed by atoms with Crippen LogP contribution in [0.4, 0.5) is 0 Å². The minimum absolute atomic E-state index is 0.0379. The minimum Gasteiger partial charge on any atom is -0.382 e. The number of sulfonamides is 1. The molecule has 0 aromatic carbocycles. The zero-order valence-electron chi connectivity index (χ0n) is 12.4. The van der Waals surface area contributed by atoms with Crippen LogP contribution in [0.15, 0.2) is 17.2 Å². The fourth-order valence-corrected chi connectivity index (χ4v) is 2.75. The average molecular weight is 315 g/mol. The quantitative estimate of drug-likeness (QED) is 0.803. The van der Waals surface area contributed by atoms with Crippen LogP contribution in [-0.4, -0.2) is 38.1 Å². The van der Waals surface area contributed by atoms with Gasteiger partial charge in [0.05, 0.1) is 12.1 Å². The van der Waals surface area contributed by atoms with Gasteiger partial charge in [-0.05, 0) is 32.8 Å². The lowest BCUT2D eigenvalue weighted by Gasteiger charge is -2.25. The molecule has 1 fully saturated rings. The average Bonchev–Trinajstić information content (AvgIpc) is 3.05. The second-order valence-electron chi connectivity index (χ2n) is 6.02. The van der Waals surface area contributed by atoms with Gasteiger partial charge in [-0.2, -0.15) is 0 Å². The molecule has 1 aromatic heterocycles. The van der Waals surface area contributed by atoms with Gasteiger partial charge in [-0.3, -0.25) is 4.79 Å². The molecule has 1 aliphatic rings. The number of hydrogen-bond donors (Lipinski definition) is 2. The minimum atomic E-state index is -3.82. The summed E-state index contributed by atoms with van der Waals surface area (Å²) in [5.41, 5.74) is -0.239. The molecule has 0 bridgehead atoms. The molecule has 1 amide bonds. The number of carbonyl (C=O) groups is 1. The van der Waals surface area contributed by atoms with Gasteiger partial charge in [0.25, 0.3) is 5.91 Å². The molecule has 21 heavy (non-hydrogen) atoms. The lowest BCUT2D eigenvalue weighted by molar-refractivity contribution is 0.0811. The van der Waals surface area contributed by atoms with Crippen molar-refractivity contribution in [3.63, 3.8) is 0 Å². The molecule has 8 heteroatoms. The second-order valence-corrected chi connectivity index (χ2v) is 7.58. The molecule has 0 radical (unpaired) electrons. The van der Waals surface area contributed by atoms with Gasteiger partial charge in [-0.1, -0.05) is 0 Å². The number of nitrogens with zero attached hydrogens (tertiary/aromatic N) is 1. The number of carbonyl (C=O) groups excluding carboxylic acids is 1. The van der Waals surface area contributed by atoms with Gasteiger partial charge in [0.15, 0.2) is 0 Å². The molecule has 1 saturated carbocycles. The number of nitrogens with one attached hydrogen (secondary N) is 1. The number of rotatable bonds is 6. The summed E-state index contributed by atoms with van der Waals surface area (Å²) in [4.78, 5) is 12.4. The predicted molar refractivity (Wildman–Crippen MR) is 77.5 cm³/mol. The fraction of sp³-hybridized carbons (Fsp3) is 0.615. The van der Waals surface area contributed by atoms with E-state index in [1.165, 1.54) is 12.3 Å². The molecule has 0 aliphatic heterocycles. The maximum absolute atomic E-state index is 12.4. The normalized spacial score (nSPS) is 16.0. The lowest BCUT2D eigenvalue weighted by atomic mass is 10.1. The topological polar surface area (TPSA) is 103 Å². The van der Waals surface area contributed by atoms with E-state index >= 15 is 0 Å². The van der Waals surface area contributed by atoms with Gasteiger partial charge in [0.2, 0.25) is 10.0 Å². The van der Waals surface area contributed by atoms with Crippen molar-refractivity contribution in [2.45, 2.75) is 43.2 Å². The van der Waals surface area contributed by atoms with Crippen molar-refractivity contribution in [1.82, 2.24) is 9.88 Å². The van der Waals surface area contributed by atoms with Crippen LogP contribution in [0.3, 0.4) is 0 Å². The zero-order valence-corrected chi connectivity index (χ0v) is 13.2. The number of methoxy groups -OCH3 is 1. The Morgan fingerprint density at radius 1 is 1.52 bits per heavy atom. The molecule has 0 atom stereocenters. The van der Waals surface area contributed by atoms with Crippen molar-refractivity contribution in [3.05, 3.63) is 18.0 Å². The Labute approximate surface area is 124 Å². The van der Waals surface area contributed by atoms with E-state index in [2.05, 4.69) is 5.32 Å². The van der Waals surface area contributed by atoms with Crippen LogP contribution in [-0.2, 0) is 14.8 Å². The standard InChI is InChI=1S/C13H21N3O4S/c1-13(2,8-20-3)15-12(17)11-6-10(21(14,18)19)7-16(11)9-4-5-9/h6-7,9H,4-5,8H2,1-3H3,(H,15,17)(H2,14,18,19).